The van der Waals surface area contributed by atoms with Gasteiger partial charge in [0.15, 0.2) is 0 Å². The second kappa shape index (κ2) is 7.62. The summed E-state index contributed by atoms with van der Waals surface area (Å²) in [6, 6.07) is 28.9. The first kappa shape index (κ1) is 18.9. The van der Waals surface area contributed by atoms with E-state index in [9.17, 15) is 4.79 Å². The number of aryl methyl sites for hydroxylation is 1. The van der Waals surface area contributed by atoms with Gasteiger partial charge in [-0.25, -0.2) is 0 Å². The minimum atomic E-state index is 0.0432. The van der Waals surface area contributed by atoms with Crippen molar-refractivity contribution in [3.63, 3.8) is 0 Å². The lowest BCUT2D eigenvalue weighted by atomic mass is 9.81. The fraction of sp³-hybridized carbons (Fsp3) is 0.148. The number of hydrogen-bond donors (Lipinski definition) is 0. The first-order valence-corrected chi connectivity index (χ1v) is 10.6. The predicted molar refractivity (Wildman–Crippen MR) is 124 cm³/mol. The summed E-state index contributed by atoms with van der Waals surface area (Å²) in [5.41, 5.74) is 5.57. The molecule has 2 nitrogen and oxygen atoms in total. The highest BCUT2D eigenvalue weighted by Crippen LogP contribution is 2.44. The van der Waals surface area contributed by atoms with Crippen LogP contribution in [0.4, 0.5) is 5.69 Å². The van der Waals surface area contributed by atoms with Crippen molar-refractivity contribution in [2.24, 2.45) is 0 Å². The average molecular weight is 412 g/mol. The Morgan fingerprint density at radius 2 is 1.63 bits per heavy atom. The zero-order valence-corrected chi connectivity index (χ0v) is 17.6. The predicted octanol–water partition coefficient (Wildman–Crippen LogP) is 6.87. The molecule has 1 atom stereocenters. The molecule has 0 aromatic heterocycles. The maximum Gasteiger partial charge on any atom is 0.228 e. The van der Waals surface area contributed by atoms with Gasteiger partial charge in [-0.1, -0.05) is 90.0 Å². The van der Waals surface area contributed by atoms with Crippen molar-refractivity contribution in [1.29, 1.82) is 0 Å². The Morgan fingerprint density at radius 3 is 2.43 bits per heavy atom. The minimum Gasteiger partial charge on any atom is -0.308 e. The van der Waals surface area contributed by atoms with Crippen molar-refractivity contribution in [1.82, 2.24) is 0 Å². The summed E-state index contributed by atoms with van der Waals surface area (Å²) in [5, 5.41) is 3.09. The van der Waals surface area contributed by atoms with Gasteiger partial charge in [0.1, 0.15) is 0 Å². The zero-order chi connectivity index (χ0) is 20.7. The quantitative estimate of drug-likeness (QED) is 0.360. The van der Waals surface area contributed by atoms with Gasteiger partial charge < -0.3 is 4.90 Å². The maximum atomic E-state index is 13.3. The van der Waals surface area contributed by atoms with Crippen molar-refractivity contribution >= 4 is 34.0 Å². The van der Waals surface area contributed by atoms with Crippen LogP contribution in [0.5, 0.6) is 0 Å². The topological polar surface area (TPSA) is 20.3 Å². The van der Waals surface area contributed by atoms with Crippen LogP contribution in [0, 0.1) is 6.92 Å². The van der Waals surface area contributed by atoms with Crippen LogP contribution < -0.4 is 4.90 Å². The van der Waals surface area contributed by atoms with Crippen molar-refractivity contribution in [2.75, 3.05) is 4.90 Å². The molecule has 1 amide bonds. The number of halogens is 1. The van der Waals surface area contributed by atoms with Gasteiger partial charge in [0.05, 0.1) is 6.54 Å². The third-order valence-electron chi connectivity index (χ3n) is 6.03. The summed E-state index contributed by atoms with van der Waals surface area (Å²) in [7, 11) is 0. The van der Waals surface area contributed by atoms with Crippen LogP contribution in [-0.2, 0) is 11.3 Å². The van der Waals surface area contributed by atoms with Crippen molar-refractivity contribution in [2.45, 2.75) is 25.8 Å². The van der Waals surface area contributed by atoms with Gasteiger partial charge in [-0.2, -0.15) is 0 Å². The Labute approximate surface area is 181 Å². The molecule has 0 fully saturated rings. The number of benzene rings is 4. The SMILES string of the molecule is Cc1ccc(C2CC(=O)N(Cc3ccccc3Cl)c3ccc4ccccc4c32)cc1. The minimum absolute atomic E-state index is 0.0432. The average Bonchev–Trinajstić information content (AvgIpc) is 2.77. The van der Waals surface area contributed by atoms with Crippen LogP contribution >= 0.6 is 11.6 Å². The molecular weight excluding hydrogens is 390 g/mol. The lowest BCUT2D eigenvalue weighted by Crippen LogP contribution is -2.36. The van der Waals surface area contributed by atoms with E-state index in [0.29, 0.717) is 18.0 Å². The third kappa shape index (κ3) is 3.28. The van der Waals surface area contributed by atoms with E-state index in [1.807, 2.05) is 29.2 Å². The molecule has 4 aromatic rings. The Hall–Kier alpha value is -3.10. The fourth-order valence-electron chi connectivity index (χ4n) is 4.46. The Balaban J connectivity index is 1.69. The van der Waals surface area contributed by atoms with Crippen LogP contribution in [-0.4, -0.2) is 5.91 Å². The summed E-state index contributed by atoms with van der Waals surface area (Å²) in [6.45, 7) is 2.56. The Kier molecular flexibility index (Phi) is 4.80. The van der Waals surface area contributed by atoms with E-state index in [4.69, 9.17) is 11.6 Å². The smallest absolute Gasteiger partial charge is 0.228 e. The highest BCUT2D eigenvalue weighted by molar-refractivity contribution is 6.31. The number of rotatable bonds is 3. The third-order valence-corrected chi connectivity index (χ3v) is 6.40. The molecule has 1 heterocycles. The standard InChI is InChI=1S/C27H22ClNO/c1-18-10-12-20(13-11-18)23-16-26(30)29(17-21-7-3-5-9-24(21)28)25-15-14-19-6-2-4-8-22(19)27(23)25/h2-15,23H,16-17H2,1H3. The molecule has 1 aliphatic heterocycles. The van der Waals surface area contributed by atoms with E-state index in [-0.39, 0.29) is 11.8 Å². The maximum absolute atomic E-state index is 13.3. The molecule has 5 rings (SSSR count). The van der Waals surface area contributed by atoms with E-state index in [1.54, 1.807) is 0 Å². The molecule has 1 unspecified atom stereocenters. The molecule has 1 aliphatic rings. The van der Waals surface area contributed by atoms with Crippen molar-refractivity contribution in [3.8, 4) is 0 Å². The first-order valence-electron chi connectivity index (χ1n) is 10.2. The van der Waals surface area contributed by atoms with Crippen LogP contribution in [0.25, 0.3) is 10.8 Å². The molecule has 0 saturated carbocycles. The molecule has 0 aliphatic carbocycles. The molecule has 4 aromatic carbocycles. The van der Waals surface area contributed by atoms with Gasteiger partial charge >= 0.3 is 0 Å². The summed E-state index contributed by atoms with van der Waals surface area (Å²) >= 11 is 6.41. The summed E-state index contributed by atoms with van der Waals surface area (Å²) < 4.78 is 0. The van der Waals surface area contributed by atoms with Gasteiger partial charge in [-0.15, -0.1) is 0 Å². The van der Waals surface area contributed by atoms with E-state index >= 15 is 0 Å². The van der Waals surface area contributed by atoms with Crippen LogP contribution in [0.2, 0.25) is 5.02 Å². The van der Waals surface area contributed by atoms with E-state index in [1.165, 1.54) is 27.5 Å². The fourth-order valence-corrected chi connectivity index (χ4v) is 4.66. The number of hydrogen-bond acceptors (Lipinski definition) is 1. The molecule has 0 saturated heterocycles. The van der Waals surface area contributed by atoms with Gasteiger partial charge in [-0.05, 0) is 46.5 Å². The highest BCUT2D eigenvalue weighted by Gasteiger charge is 2.33. The zero-order valence-electron chi connectivity index (χ0n) is 16.8. The van der Waals surface area contributed by atoms with E-state index in [2.05, 4.69) is 67.6 Å². The van der Waals surface area contributed by atoms with E-state index < -0.39 is 0 Å². The molecule has 3 heteroatoms. The molecular formula is C27H22ClNO. The largest absolute Gasteiger partial charge is 0.308 e. The van der Waals surface area contributed by atoms with Gasteiger partial charge in [0.2, 0.25) is 5.91 Å². The van der Waals surface area contributed by atoms with Gasteiger partial charge in [0.25, 0.3) is 0 Å². The second-order valence-electron chi connectivity index (χ2n) is 7.96. The normalized spacial score (nSPS) is 16.0. The molecule has 0 spiro atoms. The second-order valence-corrected chi connectivity index (χ2v) is 8.37. The van der Waals surface area contributed by atoms with Gasteiger partial charge in [-0.3, -0.25) is 4.79 Å². The van der Waals surface area contributed by atoms with Crippen LogP contribution in [0.1, 0.15) is 34.6 Å². The van der Waals surface area contributed by atoms with Crippen LogP contribution in [0.3, 0.4) is 0 Å². The number of carbonyl (C=O) groups is 1. The summed E-state index contributed by atoms with van der Waals surface area (Å²) in [5.74, 6) is 0.171. The molecule has 0 bridgehead atoms. The Bertz CT molecular complexity index is 1250. The van der Waals surface area contributed by atoms with Crippen LogP contribution in [0.15, 0.2) is 84.9 Å². The molecule has 148 valence electrons. The number of nitrogens with zero attached hydrogens (tertiary/aromatic N) is 1. The number of carbonyl (C=O) groups excluding carboxylic acids is 1. The van der Waals surface area contributed by atoms with Gasteiger partial charge in [0, 0.05) is 23.0 Å². The lowest BCUT2D eigenvalue weighted by Gasteiger charge is -2.35. The lowest BCUT2D eigenvalue weighted by molar-refractivity contribution is -0.119. The Morgan fingerprint density at radius 1 is 0.900 bits per heavy atom. The number of amides is 1. The molecule has 0 N–H and O–H groups in total. The monoisotopic (exact) mass is 411 g/mol. The molecule has 0 radical (unpaired) electrons. The highest BCUT2D eigenvalue weighted by atomic mass is 35.5. The summed E-state index contributed by atoms with van der Waals surface area (Å²) in [6.07, 6.45) is 0.453. The number of anilines is 1. The number of fused-ring (bicyclic) bond motifs is 3. The van der Waals surface area contributed by atoms with Crippen molar-refractivity contribution in [3.05, 3.63) is 112 Å². The van der Waals surface area contributed by atoms with Crippen molar-refractivity contribution < 1.29 is 4.79 Å². The first-order chi connectivity index (χ1) is 14.6. The molecule has 30 heavy (non-hydrogen) atoms. The van der Waals surface area contributed by atoms with E-state index in [0.717, 1.165) is 11.3 Å². The summed E-state index contributed by atoms with van der Waals surface area (Å²) in [4.78, 5) is 15.2.